The number of benzene rings is 2. The van der Waals surface area contributed by atoms with Crippen molar-refractivity contribution in [2.45, 2.75) is 25.3 Å². The van der Waals surface area contributed by atoms with Crippen LogP contribution in [0.2, 0.25) is 0 Å². The minimum absolute atomic E-state index is 0.223. The normalized spacial score (nSPS) is 11.4. The van der Waals surface area contributed by atoms with Crippen LogP contribution in [0.1, 0.15) is 16.7 Å². The van der Waals surface area contributed by atoms with E-state index in [0.29, 0.717) is 12.4 Å². The highest BCUT2D eigenvalue weighted by Crippen LogP contribution is 2.15. The van der Waals surface area contributed by atoms with Gasteiger partial charge in [0, 0.05) is 12.3 Å². The van der Waals surface area contributed by atoms with Gasteiger partial charge in [-0.3, -0.25) is 9.40 Å². The smallest absolute Gasteiger partial charge is 0.263 e. The Hall–Kier alpha value is -2.60. The fraction of sp³-hybridized carbons (Fsp3) is 0.167. The Morgan fingerprint density at radius 1 is 0.917 bits per heavy atom. The number of nitrogens with zero attached hydrogens (tertiary/aromatic N) is 2. The first-order valence-corrected chi connectivity index (χ1v) is 9.09. The van der Waals surface area contributed by atoms with Crippen LogP contribution in [0.5, 0.6) is 0 Å². The van der Waals surface area contributed by atoms with Crippen LogP contribution in [0.4, 0.5) is 5.82 Å². The van der Waals surface area contributed by atoms with Gasteiger partial charge in [-0.15, -0.1) is 0 Å². The van der Waals surface area contributed by atoms with Gasteiger partial charge in [0.15, 0.2) is 5.82 Å². The van der Waals surface area contributed by atoms with Crippen LogP contribution >= 0.6 is 0 Å². The fourth-order valence-electron chi connectivity index (χ4n) is 2.30. The van der Waals surface area contributed by atoms with Gasteiger partial charge in [-0.05, 0) is 31.5 Å². The van der Waals surface area contributed by atoms with E-state index >= 15 is 0 Å². The van der Waals surface area contributed by atoms with E-state index in [1.807, 2.05) is 38.1 Å². The van der Waals surface area contributed by atoms with Gasteiger partial charge in [0.05, 0.1) is 11.4 Å². The van der Waals surface area contributed by atoms with Gasteiger partial charge in [0.2, 0.25) is 0 Å². The van der Waals surface area contributed by atoms with Crippen molar-refractivity contribution in [3.05, 3.63) is 77.5 Å². The van der Waals surface area contributed by atoms with Crippen molar-refractivity contribution in [2.75, 3.05) is 4.72 Å². The lowest BCUT2D eigenvalue weighted by Gasteiger charge is -2.06. The van der Waals surface area contributed by atoms with Crippen molar-refractivity contribution in [1.29, 1.82) is 0 Å². The third kappa shape index (κ3) is 3.83. The van der Waals surface area contributed by atoms with Gasteiger partial charge >= 0.3 is 0 Å². The third-order valence-corrected chi connectivity index (χ3v) is 5.05. The molecule has 0 saturated heterocycles. The molecule has 1 aromatic heterocycles. The fourth-order valence-corrected chi connectivity index (χ4v) is 3.30. The van der Waals surface area contributed by atoms with E-state index in [4.69, 9.17) is 0 Å². The monoisotopic (exact) mass is 341 g/mol. The molecule has 0 amide bonds. The summed E-state index contributed by atoms with van der Waals surface area (Å²) >= 11 is 0. The van der Waals surface area contributed by atoms with Gasteiger partial charge in [-0.1, -0.05) is 47.5 Å². The summed E-state index contributed by atoms with van der Waals surface area (Å²) in [6.45, 7) is 4.54. The van der Waals surface area contributed by atoms with E-state index in [1.54, 1.807) is 41.2 Å². The summed E-state index contributed by atoms with van der Waals surface area (Å²) in [4.78, 5) is 0.223. The summed E-state index contributed by atoms with van der Waals surface area (Å²) in [5.74, 6) is 0.308. The molecule has 5 nitrogen and oxygen atoms in total. The number of rotatable bonds is 5. The average molecular weight is 341 g/mol. The highest BCUT2D eigenvalue weighted by Gasteiger charge is 2.15. The highest BCUT2D eigenvalue weighted by atomic mass is 32.2. The number of hydrogen-bond acceptors (Lipinski definition) is 3. The lowest BCUT2D eigenvalue weighted by atomic mass is 10.1. The number of nitrogens with one attached hydrogen (secondary N) is 1. The second-order valence-corrected chi connectivity index (χ2v) is 7.49. The molecule has 0 aliphatic carbocycles. The van der Waals surface area contributed by atoms with Crippen LogP contribution in [0.25, 0.3) is 0 Å². The molecule has 124 valence electrons. The molecule has 2 aromatic carbocycles. The molecular formula is C18H19N3O2S. The van der Waals surface area contributed by atoms with Crippen molar-refractivity contribution < 1.29 is 8.42 Å². The van der Waals surface area contributed by atoms with Crippen molar-refractivity contribution in [3.63, 3.8) is 0 Å². The lowest BCUT2D eigenvalue weighted by molar-refractivity contribution is 0.600. The molecule has 0 bridgehead atoms. The van der Waals surface area contributed by atoms with Gasteiger partial charge < -0.3 is 0 Å². The highest BCUT2D eigenvalue weighted by molar-refractivity contribution is 7.92. The van der Waals surface area contributed by atoms with Crippen molar-refractivity contribution >= 4 is 15.8 Å². The molecule has 6 heteroatoms. The first-order valence-electron chi connectivity index (χ1n) is 7.61. The summed E-state index contributed by atoms with van der Waals surface area (Å²) in [6.07, 6.45) is 1.76. The van der Waals surface area contributed by atoms with E-state index in [1.165, 1.54) is 5.56 Å². The largest absolute Gasteiger partial charge is 0.266 e. The van der Waals surface area contributed by atoms with Crippen LogP contribution in [0.15, 0.2) is 65.7 Å². The molecule has 1 heterocycles. The predicted molar refractivity (Wildman–Crippen MR) is 94.5 cm³/mol. The van der Waals surface area contributed by atoms with Gasteiger partial charge in [0.1, 0.15) is 0 Å². The summed E-state index contributed by atoms with van der Waals surface area (Å²) in [6, 6.07) is 16.5. The summed E-state index contributed by atoms with van der Waals surface area (Å²) in [5.41, 5.74) is 3.32. The van der Waals surface area contributed by atoms with Gasteiger partial charge in [0.25, 0.3) is 10.0 Å². The van der Waals surface area contributed by atoms with Crippen LogP contribution in [-0.4, -0.2) is 18.2 Å². The minimum atomic E-state index is -3.62. The van der Waals surface area contributed by atoms with E-state index in [-0.39, 0.29) is 4.90 Å². The van der Waals surface area contributed by atoms with Crippen molar-refractivity contribution in [3.8, 4) is 0 Å². The van der Waals surface area contributed by atoms with E-state index in [2.05, 4.69) is 9.82 Å². The Bertz CT molecular complexity index is 927. The Kier molecular flexibility index (Phi) is 4.40. The maximum Gasteiger partial charge on any atom is 0.263 e. The molecule has 3 aromatic rings. The molecule has 3 rings (SSSR count). The van der Waals surface area contributed by atoms with E-state index in [0.717, 1.165) is 11.1 Å². The second-order valence-electron chi connectivity index (χ2n) is 5.80. The quantitative estimate of drug-likeness (QED) is 0.774. The molecule has 1 N–H and O–H groups in total. The van der Waals surface area contributed by atoms with Crippen LogP contribution < -0.4 is 4.72 Å². The zero-order valence-electron chi connectivity index (χ0n) is 13.6. The summed E-state index contributed by atoms with van der Waals surface area (Å²) in [7, 11) is -3.62. The molecule has 0 fully saturated rings. The molecule has 0 atom stereocenters. The number of sulfonamides is 1. The van der Waals surface area contributed by atoms with E-state index in [9.17, 15) is 8.42 Å². The Balaban J connectivity index is 1.73. The maximum absolute atomic E-state index is 12.4. The molecule has 0 radical (unpaired) electrons. The number of aromatic nitrogens is 2. The standard InChI is InChI=1S/C18H19N3O2S/c1-14-3-7-16(8-4-14)13-21-12-11-18(19-21)20-24(22,23)17-9-5-15(2)6-10-17/h3-12H,13H2,1-2H3,(H,19,20). The van der Waals surface area contributed by atoms with Crippen LogP contribution in [0, 0.1) is 13.8 Å². The molecular weight excluding hydrogens is 322 g/mol. The third-order valence-electron chi connectivity index (χ3n) is 3.68. The molecule has 0 spiro atoms. The zero-order valence-corrected chi connectivity index (χ0v) is 14.4. The van der Waals surface area contributed by atoms with Crippen LogP contribution in [0.3, 0.4) is 0 Å². The summed E-state index contributed by atoms with van der Waals surface area (Å²) < 4.78 is 28.9. The maximum atomic E-state index is 12.4. The van der Waals surface area contributed by atoms with Crippen molar-refractivity contribution in [1.82, 2.24) is 9.78 Å². The zero-order chi connectivity index (χ0) is 17.2. The molecule has 0 saturated carbocycles. The molecule has 24 heavy (non-hydrogen) atoms. The SMILES string of the molecule is Cc1ccc(Cn2ccc(NS(=O)(=O)c3ccc(C)cc3)n2)cc1. The van der Waals surface area contributed by atoms with Crippen molar-refractivity contribution in [2.24, 2.45) is 0 Å². The summed E-state index contributed by atoms with van der Waals surface area (Å²) in [5, 5.41) is 4.28. The van der Waals surface area contributed by atoms with E-state index < -0.39 is 10.0 Å². The number of hydrogen-bond donors (Lipinski definition) is 1. The predicted octanol–water partition coefficient (Wildman–Crippen LogP) is 3.35. The van der Waals surface area contributed by atoms with Gasteiger partial charge in [-0.25, -0.2) is 8.42 Å². The molecule has 0 aliphatic heterocycles. The Labute approximate surface area is 142 Å². The Morgan fingerprint density at radius 3 is 2.12 bits per heavy atom. The topological polar surface area (TPSA) is 64.0 Å². The number of anilines is 1. The average Bonchev–Trinajstić information content (AvgIpc) is 2.96. The van der Waals surface area contributed by atoms with Crippen LogP contribution in [-0.2, 0) is 16.6 Å². The Morgan fingerprint density at radius 2 is 1.50 bits per heavy atom. The lowest BCUT2D eigenvalue weighted by Crippen LogP contribution is -2.13. The minimum Gasteiger partial charge on any atom is -0.266 e. The first kappa shape index (κ1) is 16.3. The molecule has 0 aliphatic rings. The number of aryl methyl sites for hydroxylation is 2. The van der Waals surface area contributed by atoms with Gasteiger partial charge in [-0.2, -0.15) is 5.10 Å². The first-order chi connectivity index (χ1) is 11.4. The molecule has 0 unspecified atom stereocenters. The second kappa shape index (κ2) is 6.49.